The number of piperidine rings is 1. The molecule has 150 valence electrons. The number of aliphatic hydroxyl groups is 1. The van der Waals surface area contributed by atoms with Crippen LogP contribution in [0, 0.1) is 5.92 Å². The second-order valence-corrected chi connectivity index (χ2v) is 8.78. The molecule has 0 bridgehead atoms. The highest BCUT2D eigenvalue weighted by Crippen LogP contribution is 2.36. The van der Waals surface area contributed by atoms with E-state index in [0.717, 1.165) is 29.5 Å². The van der Waals surface area contributed by atoms with Gasteiger partial charge in [-0.2, -0.15) is 0 Å². The lowest BCUT2D eigenvalue weighted by molar-refractivity contribution is 0.00773. The Labute approximate surface area is 172 Å². The summed E-state index contributed by atoms with van der Waals surface area (Å²) in [4.78, 5) is 14.0. The smallest absolute Gasteiger partial charge is 0.410 e. The van der Waals surface area contributed by atoms with Gasteiger partial charge < -0.3 is 14.7 Å². The van der Waals surface area contributed by atoms with Crippen molar-refractivity contribution in [1.29, 1.82) is 0 Å². The average molecular weight is 402 g/mol. The van der Waals surface area contributed by atoms with Gasteiger partial charge in [0.2, 0.25) is 0 Å². The summed E-state index contributed by atoms with van der Waals surface area (Å²) in [5.41, 5.74) is 2.47. The lowest BCUT2D eigenvalue weighted by Crippen LogP contribution is -2.42. The van der Waals surface area contributed by atoms with Crippen molar-refractivity contribution in [3.8, 4) is 11.1 Å². The maximum atomic E-state index is 12.3. The van der Waals surface area contributed by atoms with E-state index in [1.54, 1.807) is 4.90 Å². The molecule has 28 heavy (non-hydrogen) atoms. The van der Waals surface area contributed by atoms with Crippen molar-refractivity contribution in [3.05, 3.63) is 59.1 Å². The van der Waals surface area contributed by atoms with E-state index in [0.29, 0.717) is 18.1 Å². The van der Waals surface area contributed by atoms with E-state index in [9.17, 15) is 9.90 Å². The van der Waals surface area contributed by atoms with E-state index in [2.05, 4.69) is 0 Å². The van der Waals surface area contributed by atoms with Gasteiger partial charge in [0.15, 0.2) is 0 Å². The highest BCUT2D eigenvalue weighted by atomic mass is 35.5. The average Bonchev–Trinajstić information content (AvgIpc) is 2.67. The van der Waals surface area contributed by atoms with Crippen LogP contribution in [0.25, 0.3) is 11.1 Å². The first kappa shape index (κ1) is 20.7. The first-order chi connectivity index (χ1) is 13.2. The number of nitrogens with zero attached hydrogens (tertiary/aromatic N) is 1. The molecule has 1 N–H and O–H groups in total. The Morgan fingerprint density at radius 1 is 1.11 bits per heavy atom. The molecule has 2 aromatic rings. The van der Waals surface area contributed by atoms with Crippen molar-refractivity contribution in [2.75, 3.05) is 13.1 Å². The number of benzene rings is 2. The first-order valence-electron chi connectivity index (χ1n) is 9.75. The lowest BCUT2D eigenvalue weighted by Gasteiger charge is -2.35. The Morgan fingerprint density at radius 2 is 1.71 bits per heavy atom. The van der Waals surface area contributed by atoms with Gasteiger partial charge in [-0.05, 0) is 68.4 Å². The van der Waals surface area contributed by atoms with Crippen molar-refractivity contribution in [2.24, 2.45) is 5.92 Å². The number of ether oxygens (including phenoxy) is 1. The molecule has 0 aliphatic carbocycles. The summed E-state index contributed by atoms with van der Waals surface area (Å²) in [7, 11) is 0. The van der Waals surface area contributed by atoms with Crippen LogP contribution in [0.2, 0.25) is 5.02 Å². The van der Waals surface area contributed by atoms with Crippen LogP contribution in [0.4, 0.5) is 4.79 Å². The summed E-state index contributed by atoms with van der Waals surface area (Å²) < 4.78 is 5.46. The van der Waals surface area contributed by atoms with Crippen molar-refractivity contribution in [2.45, 2.75) is 45.3 Å². The Kier molecular flexibility index (Phi) is 6.31. The van der Waals surface area contributed by atoms with Gasteiger partial charge >= 0.3 is 6.09 Å². The van der Waals surface area contributed by atoms with E-state index < -0.39 is 11.7 Å². The van der Waals surface area contributed by atoms with Crippen LogP contribution in [0.15, 0.2) is 48.5 Å². The number of amides is 1. The van der Waals surface area contributed by atoms with Gasteiger partial charge in [-0.15, -0.1) is 0 Å². The van der Waals surface area contributed by atoms with Crippen LogP contribution in [0.3, 0.4) is 0 Å². The number of carbonyl (C=O) groups excluding carboxylic acids is 1. The second-order valence-electron chi connectivity index (χ2n) is 8.34. The van der Waals surface area contributed by atoms with Crippen LogP contribution in [-0.4, -0.2) is 34.8 Å². The molecule has 3 rings (SSSR count). The van der Waals surface area contributed by atoms with E-state index in [-0.39, 0.29) is 12.0 Å². The summed E-state index contributed by atoms with van der Waals surface area (Å²) in [5.74, 6) is 0.104. The number of hydrogen-bond acceptors (Lipinski definition) is 3. The zero-order chi connectivity index (χ0) is 20.3. The van der Waals surface area contributed by atoms with Gasteiger partial charge in [-0.3, -0.25) is 0 Å². The molecule has 4 nitrogen and oxygen atoms in total. The normalized spacial score (nSPS) is 16.7. The molecule has 1 aliphatic rings. The number of likely N-dealkylation sites (tertiary alicyclic amines) is 1. The van der Waals surface area contributed by atoms with Gasteiger partial charge in [-0.1, -0.05) is 48.0 Å². The lowest BCUT2D eigenvalue weighted by atomic mass is 9.84. The van der Waals surface area contributed by atoms with Crippen molar-refractivity contribution < 1.29 is 14.6 Å². The van der Waals surface area contributed by atoms with Gasteiger partial charge in [0.05, 0.1) is 6.10 Å². The number of halogens is 1. The molecule has 5 heteroatoms. The molecule has 0 aromatic heterocycles. The fraction of sp³-hybridized carbons (Fsp3) is 0.435. The minimum Gasteiger partial charge on any atom is -0.444 e. The van der Waals surface area contributed by atoms with Crippen molar-refractivity contribution in [3.63, 3.8) is 0 Å². The van der Waals surface area contributed by atoms with E-state index in [1.807, 2.05) is 69.3 Å². The molecular formula is C23H28ClNO3. The minimum absolute atomic E-state index is 0.104. The molecule has 0 unspecified atom stereocenters. The molecule has 1 saturated heterocycles. The molecule has 1 fully saturated rings. The highest BCUT2D eigenvalue weighted by Gasteiger charge is 2.31. The molecule has 2 aromatic carbocycles. The third-order valence-electron chi connectivity index (χ3n) is 5.07. The fourth-order valence-corrected chi connectivity index (χ4v) is 3.75. The van der Waals surface area contributed by atoms with Crippen LogP contribution in [0.1, 0.15) is 45.3 Å². The number of rotatable bonds is 3. The van der Waals surface area contributed by atoms with Crippen LogP contribution >= 0.6 is 11.6 Å². The van der Waals surface area contributed by atoms with Crippen molar-refractivity contribution >= 4 is 17.7 Å². The number of hydrogen-bond donors (Lipinski definition) is 1. The Bertz CT molecular complexity index is 805. The molecule has 0 spiro atoms. The Morgan fingerprint density at radius 3 is 2.32 bits per heavy atom. The standard InChI is InChI=1S/C23H28ClNO3/c1-23(2,3)28-22(27)25-14-12-17(13-15-25)21(26)20-7-5-4-6-19(20)16-8-10-18(24)11-9-16/h4-11,17,21,26H,12-15H2,1-3H3/t21-/m1/s1. The highest BCUT2D eigenvalue weighted by molar-refractivity contribution is 6.30. The molecule has 0 radical (unpaired) electrons. The van der Waals surface area contributed by atoms with Gasteiger partial charge in [0, 0.05) is 18.1 Å². The summed E-state index contributed by atoms with van der Waals surface area (Å²) >= 11 is 6.01. The van der Waals surface area contributed by atoms with E-state index in [1.165, 1.54) is 0 Å². The van der Waals surface area contributed by atoms with Crippen LogP contribution < -0.4 is 0 Å². The zero-order valence-corrected chi connectivity index (χ0v) is 17.4. The number of aliphatic hydroxyl groups excluding tert-OH is 1. The van der Waals surface area contributed by atoms with Crippen molar-refractivity contribution in [1.82, 2.24) is 4.90 Å². The summed E-state index contributed by atoms with van der Waals surface area (Å²) in [6, 6.07) is 15.6. The minimum atomic E-state index is -0.576. The fourth-order valence-electron chi connectivity index (χ4n) is 3.63. The molecule has 1 atom stereocenters. The zero-order valence-electron chi connectivity index (χ0n) is 16.7. The predicted molar refractivity (Wildman–Crippen MR) is 112 cm³/mol. The van der Waals surface area contributed by atoms with Crippen LogP contribution in [0.5, 0.6) is 0 Å². The number of carbonyl (C=O) groups is 1. The maximum Gasteiger partial charge on any atom is 0.410 e. The van der Waals surface area contributed by atoms with E-state index >= 15 is 0 Å². The second kappa shape index (κ2) is 8.54. The van der Waals surface area contributed by atoms with Crippen LogP contribution in [-0.2, 0) is 4.74 Å². The maximum absolute atomic E-state index is 12.3. The molecule has 0 saturated carbocycles. The van der Waals surface area contributed by atoms with Gasteiger partial charge in [0.25, 0.3) is 0 Å². The largest absolute Gasteiger partial charge is 0.444 e. The SMILES string of the molecule is CC(C)(C)OC(=O)N1CCC([C@@H](O)c2ccccc2-c2ccc(Cl)cc2)CC1. The first-order valence-corrected chi connectivity index (χ1v) is 10.1. The monoisotopic (exact) mass is 401 g/mol. The van der Waals surface area contributed by atoms with Gasteiger partial charge in [-0.25, -0.2) is 4.79 Å². The third kappa shape index (κ3) is 5.06. The quantitative estimate of drug-likeness (QED) is 0.718. The summed E-state index contributed by atoms with van der Waals surface area (Å²) in [6.07, 6.45) is 0.639. The van der Waals surface area contributed by atoms with E-state index in [4.69, 9.17) is 16.3 Å². The Hall–Kier alpha value is -2.04. The third-order valence-corrected chi connectivity index (χ3v) is 5.32. The summed E-state index contributed by atoms with van der Waals surface area (Å²) in [6.45, 7) is 6.80. The molecular weight excluding hydrogens is 374 g/mol. The molecule has 1 amide bonds. The summed E-state index contributed by atoms with van der Waals surface area (Å²) in [5, 5.41) is 11.8. The Balaban J connectivity index is 1.70. The van der Waals surface area contributed by atoms with Gasteiger partial charge in [0.1, 0.15) is 5.60 Å². The molecule has 1 heterocycles. The molecule has 1 aliphatic heterocycles. The topological polar surface area (TPSA) is 49.8 Å². The predicted octanol–water partition coefficient (Wildman–Crippen LogP) is 5.69.